The molecule has 1 atom stereocenters. The molecule has 0 aromatic heterocycles. The van der Waals surface area contributed by atoms with E-state index in [0.717, 1.165) is 0 Å². The number of nitrogens with two attached hydrogens (primary N) is 1. The summed E-state index contributed by atoms with van der Waals surface area (Å²) in [5, 5.41) is 7.15. The normalized spacial score (nSPS) is 12.3. The van der Waals surface area contributed by atoms with Crippen LogP contribution in [0.25, 0.3) is 0 Å². The molecular formula is C12H18N2O. The molecule has 1 aromatic rings. The fraction of sp³-hybridized carbons (Fsp3) is 0.417. The molecule has 1 rings (SSSR count). The summed E-state index contributed by atoms with van der Waals surface area (Å²) in [5.74, 6) is 0.539. The number of amidine groups is 1. The second-order valence-electron chi connectivity index (χ2n) is 3.84. The summed E-state index contributed by atoms with van der Waals surface area (Å²) in [6.07, 6.45) is 0.606. The van der Waals surface area contributed by atoms with E-state index < -0.39 is 0 Å². The molecule has 0 saturated carbocycles. The van der Waals surface area contributed by atoms with Crippen LogP contribution in [0.5, 0.6) is 0 Å². The Labute approximate surface area is 90.8 Å². The Bertz CT molecular complexity index is 298. The van der Waals surface area contributed by atoms with E-state index in [1.54, 1.807) is 0 Å². The summed E-state index contributed by atoms with van der Waals surface area (Å²) in [5.41, 5.74) is 6.48. The molecule has 0 spiro atoms. The third kappa shape index (κ3) is 5.18. The van der Waals surface area contributed by atoms with E-state index in [4.69, 9.17) is 15.9 Å². The largest absolute Gasteiger partial charge is 0.388 e. The Balaban J connectivity index is 2.19. The number of nitrogens with one attached hydrogen (secondary N) is 1. The van der Waals surface area contributed by atoms with Gasteiger partial charge < -0.3 is 10.5 Å². The van der Waals surface area contributed by atoms with E-state index in [0.29, 0.717) is 25.6 Å². The van der Waals surface area contributed by atoms with Crippen LogP contribution in [0.1, 0.15) is 18.9 Å². The van der Waals surface area contributed by atoms with Crippen molar-refractivity contribution in [3.05, 3.63) is 35.9 Å². The van der Waals surface area contributed by atoms with Crippen molar-refractivity contribution in [3.8, 4) is 0 Å². The van der Waals surface area contributed by atoms with Gasteiger partial charge in [-0.3, -0.25) is 5.41 Å². The first-order valence-electron chi connectivity index (χ1n) is 5.13. The van der Waals surface area contributed by atoms with Crippen LogP contribution in [0, 0.1) is 11.3 Å². The van der Waals surface area contributed by atoms with Crippen LogP contribution in [0.15, 0.2) is 30.3 Å². The molecule has 3 nitrogen and oxygen atoms in total. The zero-order valence-corrected chi connectivity index (χ0v) is 9.07. The van der Waals surface area contributed by atoms with E-state index in [1.807, 2.05) is 37.3 Å². The van der Waals surface area contributed by atoms with Gasteiger partial charge in [-0.1, -0.05) is 37.3 Å². The first-order chi connectivity index (χ1) is 7.18. The lowest BCUT2D eigenvalue weighted by molar-refractivity contribution is 0.0939. The smallest absolute Gasteiger partial charge is 0.0908 e. The van der Waals surface area contributed by atoms with Crippen LogP contribution in [0.4, 0.5) is 0 Å². The Morgan fingerprint density at radius 1 is 1.40 bits per heavy atom. The Morgan fingerprint density at radius 2 is 2.07 bits per heavy atom. The van der Waals surface area contributed by atoms with Crippen LogP contribution < -0.4 is 5.73 Å². The summed E-state index contributed by atoms with van der Waals surface area (Å²) in [6.45, 7) is 3.31. The second-order valence-corrected chi connectivity index (χ2v) is 3.84. The fourth-order valence-corrected chi connectivity index (χ4v) is 1.39. The minimum atomic E-state index is 0.228. The van der Waals surface area contributed by atoms with E-state index in [9.17, 15) is 0 Å². The van der Waals surface area contributed by atoms with Crippen LogP contribution in [-0.4, -0.2) is 12.4 Å². The highest BCUT2D eigenvalue weighted by molar-refractivity contribution is 5.76. The van der Waals surface area contributed by atoms with Gasteiger partial charge in [-0.15, -0.1) is 0 Å². The standard InChI is InChI=1S/C12H18N2O/c1-10(7-12(13)14)8-15-9-11-5-3-2-4-6-11/h2-6,10H,7-9H2,1H3,(H3,13,14)/t10-/m0/s1. The van der Waals surface area contributed by atoms with Crippen LogP contribution in [0.2, 0.25) is 0 Å². The number of benzene rings is 1. The molecule has 0 unspecified atom stereocenters. The van der Waals surface area contributed by atoms with E-state index in [2.05, 4.69) is 0 Å². The lowest BCUT2D eigenvalue weighted by Gasteiger charge is -2.10. The maximum atomic E-state index is 7.15. The third-order valence-corrected chi connectivity index (χ3v) is 2.08. The molecule has 0 fully saturated rings. The molecule has 3 N–H and O–H groups in total. The van der Waals surface area contributed by atoms with Crippen molar-refractivity contribution in [1.29, 1.82) is 5.41 Å². The molecule has 0 saturated heterocycles. The summed E-state index contributed by atoms with van der Waals surface area (Å²) >= 11 is 0. The van der Waals surface area contributed by atoms with Crippen molar-refractivity contribution in [2.75, 3.05) is 6.61 Å². The average molecular weight is 206 g/mol. The van der Waals surface area contributed by atoms with Crippen molar-refractivity contribution < 1.29 is 4.74 Å². The molecule has 82 valence electrons. The van der Waals surface area contributed by atoms with Gasteiger partial charge in [0.15, 0.2) is 0 Å². The molecule has 3 heteroatoms. The van der Waals surface area contributed by atoms with Gasteiger partial charge >= 0.3 is 0 Å². The van der Waals surface area contributed by atoms with Gasteiger partial charge in [-0.2, -0.15) is 0 Å². The summed E-state index contributed by atoms with van der Waals surface area (Å²) in [6, 6.07) is 10.1. The maximum Gasteiger partial charge on any atom is 0.0908 e. The third-order valence-electron chi connectivity index (χ3n) is 2.08. The Hall–Kier alpha value is -1.35. The zero-order chi connectivity index (χ0) is 11.1. The minimum absolute atomic E-state index is 0.228. The Morgan fingerprint density at radius 3 is 2.67 bits per heavy atom. The number of hydrogen-bond donors (Lipinski definition) is 2. The van der Waals surface area contributed by atoms with E-state index in [1.165, 1.54) is 5.56 Å². The van der Waals surface area contributed by atoms with Crippen molar-refractivity contribution >= 4 is 5.84 Å². The molecular weight excluding hydrogens is 188 g/mol. The number of hydrogen-bond acceptors (Lipinski definition) is 2. The monoisotopic (exact) mass is 206 g/mol. The molecule has 0 bridgehead atoms. The average Bonchev–Trinajstić information content (AvgIpc) is 2.18. The van der Waals surface area contributed by atoms with Crippen molar-refractivity contribution in [3.63, 3.8) is 0 Å². The highest BCUT2D eigenvalue weighted by atomic mass is 16.5. The predicted molar refractivity (Wildman–Crippen MR) is 61.8 cm³/mol. The highest BCUT2D eigenvalue weighted by Crippen LogP contribution is 2.05. The van der Waals surface area contributed by atoms with Gasteiger partial charge in [-0.25, -0.2) is 0 Å². The van der Waals surface area contributed by atoms with E-state index in [-0.39, 0.29) is 5.84 Å². The molecule has 15 heavy (non-hydrogen) atoms. The fourth-order valence-electron chi connectivity index (χ4n) is 1.39. The van der Waals surface area contributed by atoms with Gasteiger partial charge in [0.05, 0.1) is 19.0 Å². The van der Waals surface area contributed by atoms with Crippen molar-refractivity contribution in [2.45, 2.75) is 20.0 Å². The molecule has 0 aliphatic heterocycles. The second kappa shape index (κ2) is 6.19. The first kappa shape index (κ1) is 11.7. The minimum Gasteiger partial charge on any atom is -0.388 e. The molecule has 0 heterocycles. The van der Waals surface area contributed by atoms with Gasteiger partial charge in [-0.05, 0) is 11.5 Å². The highest BCUT2D eigenvalue weighted by Gasteiger charge is 2.03. The van der Waals surface area contributed by atoms with Crippen molar-refractivity contribution in [2.24, 2.45) is 11.7 Å². The van der Waals surface area contributed by atoms with Gasteiger partial charge in [0.2, 0.25) is 0 Å². The topological polar surface area (TPSA) is 59.1 Å². The molecule has 0 amide bonds. The number of ether oxygens (including phenoxy) is 1. The lowest BCUT2D eigenvalue weighted by atomic mass is 10.1. The first-order valence-corrected chi connectivity index (χ1v) is 5.13. The zero-order valence-electron chi connectivity index (χ0n) is 9.07. The van der Waals surface area contributed by atoms with Gasteiger partial charge in [0.1, 0.15) is 0 Å². The molecule has 1 aromatic carbocycles. The van der Waals surface area contributed by atoms with Gasteiger partial charge in [0.25, 0.3) is 0 Å². The lowest BCUT2D eigenvalue weighted by Crippen LogP contribution is -2.17. The summed E-state index contributed by atoms with van der Waals surface area (Å²) in [4.78, 5) is 0. The molecule has 0 aliphatic carbocycles. The van der Waals surface area contributed by atoms with Crippen LogP contribution >= 0.6 is 0 Å². The number of rotatable bonds is 6. The van der Waals surface area contributed by atoms with Gasteiger partial charge in [0, 0.05) is 6.42 Å². The van der Waals surface area contributed by atoms with Crippen LogP contribution in [-0.2, 0) is 11.3 Å². The summed E-state index contributed by atoms with van der Waals surface area (Å²) < 4.78 is 5.53. The van der Waals surface area contributed by atoms with Crippen molar-refractivity contribution in [1.82, 2.24) is 0 Å². The predicted octanol–water partition coefficient (Wildman–Crippen LogP) is 2.17. The molecule has 0 aliphatic rings. The SMILES string of the molecule is C[C@H](COCc1ccccc1)CC(=N)N. The summed E-state index contributed by atoms with van der Waals surface area (Å²) in [7, 11) is 0. The maximum absolute atomic E-state index is 7.15. The molecule has 0 radical (unpaired) electrons. The van der Waals surface area contributed by atoms with E-state index >= 15 is 0 Å². The quantitative estimate of drug-likeness (QED) is 0.553. The van der Waals surface area contributed by atoms with Crippen LogP contribution in [0.3, 0.4) is 0 Å². The Kier molecular flexibility index (Phi) is 4.84.